The van der Waals surface area contributed by atoms with Crippen molar-refractivity contribution in [1.29, 1.82) is 0 Å². The predicted molar refractivity (Wildman–Crippen MR) is 115 cm³/mol. The van der Waals surface area contributed by atoms with Crippen LogP contribution in [0.1, 0.15) is 47.3 Å². The normalized spacial score (nSPS) is 15.6. The zero-order valence-electron chi connectivity index (χ0n) is 17.8. The Kier molecular flexibility index (Phi) is 6.67. The lowest BCUT2D eigenvalue weighted by molar-refractivity contribution is 0.0938. The molecule has 3 rings (SSSR count). The number of sulfonamides is 1. The second kappa shape index (κ2) is 9.06. The van der Waals surface area contributed by atoms with E-state index in [-0.39, 0.29) is 16.8 Å². The molecule has 1 N–H and O–H groups in total. The molecule has 1 saturated heterocycles. The summed E-state index contributed by atoms with van der Waals surface area (Å²) < 4.78 is 37.9. The van der Waals surface area contributed by atoms with Gasteiger partial charge in [0.1, 0.15) is 11.5 Å². The summed E-state index contributed by atoms with van der Waals surface area (Å²) in [6.45, 7) is 4.67. The predicted octanol–water partition coefficient (Wildman–Crippen LogP) is 3.29. The summed E-state index contributed by atoms with van der Waals surface area (Å²) in [4.78, 5) is 13.2. The van der Waals surface area contributed by atoms with Gasteiger partial charge in [-0.2, -0.15) is 4.31 Å². The number of benzene rings is 2. The van der Waals surface area contributed by atoms with Crippen molar-refractivity contribution in [2.45, 2.75) is 37.6 Å². The first-order chi connectivity index (χ1) is 14.3. The fourth-order valence-corrected chi connectivity index (χ4v) is 5.16. The molecule has 1 fully saturated rings. The third-order valence-electron chi connectivity index (χ3n) is 5.41. The first-order valence-corrected chi connectivity index (χ1v) is 11.4. The van der Waals surface area contributed by atoms with Crippen LogP contribution in [0.4, 0.5) is 0 Å². The molecular formula is C22H28N2O5S. The number of nitrogens with zero attached hydrogens (tertiary/aromatic N) is 1. The number of aryl methyl sites for hydroxylation is 1. The summed E-state index contributed by atoms with van der Waals surface area (Å²) in [6.07, 6.45) is 1.72. The number of ether oxygens (including phenoxy) is 2. The molecule has 1 aliphatic heterocycles. The van der Waals surface area contributed by atoms with Gasteiger partial charge in [0.15, 0.2) is 0 Å². The van der Waals surface area contributed by atoms with E-state index in [0.29, 0.717) is 35.7 Å². The summed E-state index contributed by atoms with van der Waals surface area (Å²) in [7, 11) is -0.455. The van der Waals surface area contributed by atoms with Crippen molar-refractivity contribution >= 4 is 15.9 Å². The minimum Gasteiger partial charge on any atom is -0.497 e. The Hall–Kier alpha value is -2.58. The van der Waals surface area contributed by atoms with E-state index in [4.69, 9.17) is 9.47 Å². The molecule has 2 aromatic rings. The van der Waals surface area contributed by atoms with E-state index < -0.39 is 10.0 Å². The molecule has 1 heterocycles. The molecule has 0 radical (unpaired) electrons. The zero-order chi connectivity index (χ0) is 21.9. The quantitative estimate of drug-likeness (QED) is 0.726. The highest BCUT2D eigenvalue weighted by molar-refractivity contribution is 7.89. The van der Waals surface area contributed by atoms with Gasteiger partial charge in [0.05, 0.1) is 25.2 Å². The Morgan fingerprint density at radius 2 is 1.77 bits per heavy atom. The largest absolute Gasteiger partial charge is 0.497 e. The molecule has 7 nitrogen and oxygen atoms in total. The molecule has 1 unspecified atom stereocenters. The molecule has 0 aromatic heterocycles. The van der Waals surface area contributed by atoms with E-state index in [0.717, 1.165) is 18.4 Å². The van der Waals surface area contributed by atoms with Gasteiger partial charge in [0.2, 0.25) is 10.0 Å². The van der Waals surface area contributed by atoms with Crippen LogP contribution in [0, 0.1) is 6.92 Å². The first kappa shape index (κ1) is 22.1. The number of hydrogen-bond acceptors (Lipinski definition) is 5. The van der Waals surface area contributed by atoms with E-state index in [9.17, 15) is 13.2 Å². The van der Waals surface area contributed by atoms with Gasteiger partial charge in [-0.05, 0) is 62.6 Å². The Morgan fingerprint density at radius 1 is 1.07 bits per heavy atom. The second-order valence-corrected chi connectivity index (χ2v) is 9.33. The van der Waals surface area contributed by atoms with E-state index in [2.05, 4.69) is 5.32 Å². The number of methoxy groups -OCH3 is 2. The third-order valence-corrected chi connectivity index (χ3v) is 7.30. The monoisotopic (exact) mass is 432 g/mol. The molecule has 2 aromatic carbocycles. The minimum absolute atomic E-state index is 0.145. The maximum absolute atomic E-state index is 13.0. The van der Waals surface area contributed by atoms with Crippen LogP contribution >= 0.6 is 0 Å². The van der Waals surface area contributed by atoms with Crippen molar-refractivity contribution in [2.24, 2.45) is 0 Å². The van der Waals surface area contributed by atoms with Crippen LogP contribution in [0.3, 0.4) is 0 Å². The summed E-state index contributed by atoms with van der Waals surface area (Å²) in [5, 5.41) is 2.94. The maximum Gasteiger partial charge on any atom is 0.252 e. The Morgan fingerprint density at radius 3 is 2.40 bits per heavy atom. The number of amides is 1. The fraction of sp³-hybridized carbons (Fsp3) is 0.409. The highest BCUT2D eigenvalue weighted by Crippen LogP contribution is 2.30. The van der Waals surface area contributed by atoms with Crippen molar-refractivity contribution in [3.05, 3.63) is 53.1 Å². The Bertz CT molecular complexity index is 1030. The van der Waals surface area contributed by atoms with Crippen LogP contribution in [-0.2, 0) is 10.0 Å². The third kappa shape index (κ3) is 4.44. The first-order valence-electron chi connectivity index (χ1n) is 9.91. The average Bonchev–Trinajstić information content (AvgIpc) is 3.29. The van der Waals surface area contributed by atoms with Crippen molar-refractivity contribution in [1.82, 2.24) is 9.62 Å². The van der Waals surface area contributed by atoms with Crippen molar-refractivity contribution in [3.63, 3.8) is 0 Å². The molecule has 1 atom stereocenters. The van der Waals surface area contributed by atoms with Gasteiger partial charge in [-0.25, -0.2) is 8.42 Å². The lowest BCUT2D eigenvalue weighted by atomic mass is 10.0. The van der Waals surface area contributed by atoms with E-state index in [1.54, 1.807) is 45.4 Å². The lowest BCUT2D eigenvalue weighted by Crippen LogP contribution is -2.30. The molecular weight excluding hydrogens is 404 g/mol. The van der Waals surface area contributed by atoms with Crippen molar-refractivity contribution in [2.75, 3.05) is 27.3 Å². The van der Waals surface area contributed by atoms with Crippen LogP contribution in [0.25, 0.3) is 0 Å². The highest BCUT2D eigenvalue weighted by Gasteiger charge is 2.28. The summed E-state index contributed by atoms with van der Waals surface area (Å²) >= 11 is 0. The topological polar surface area (TPSA) is 84.9 Å². The molecule has 0 saturated carbocycles. The SMILES string of the molecule is COc1ccc(OC)c(C(C)NC(=O)c2cc(S(=O)(=O)N3CCCC3)ccc2C)c1. The molecule has 0 spiro atoms. The molecule has 162 valence electrons. The number of carbonyl (C=O) groups is 1. The van der Waals surface area contributed by atoms with Gasteiger partial charge in [-0.15, -0.1) is 0 Å². The van der Waals surface area contributed by atoms with Crippen LogP contribution in [0.2, 0.25) is 0 Å². The van der Waals surface area contributed by atoms with Gasteiger partial charge < -0.3 is 14.8 Å². The molecule has 30 heavy (non-hydrogen) atoms. The van der Waals surface area contributed by atoms with Gasteiger partial charge in [0.25, 0.3) is 5.91 Å². The molecule has 0 bridgehead atoms. The summed E-state index contributed by atoms with van der Waals surface area (Å²) in [5.74, 6) is 0.941. The average molecular weight is 433 g/mol. The van der Waals surface area contributed by atoms with Crippen molar-refractivity contribution < 1.29 is 22.7 Å². The van der Waals surface area contributed by atoms with Crippen LogP contribution in [0.15, 0.2) is 41.3 Å². The standard InChI is InChI=1S/C22H28N2O5S/c1-15-7-9-18(30(26,27)24-11-5-6-12-24)14-19(15)22(25)23-16(2)20-13-17(28-3)8-10-21(20)29-4/h7-10,13-14,16H,5-6,11-12H2,1-4H3,(H,23,25). The summed E-state index contributed by atoms with van der Waals surface area (Å²) in [5.41, 5.74) is 1.81. The molecule has 1 amide bonds. The lowest BCUT2D eigenvalue weighted by Gasteiger charge is -2.20. The Balaban J connectivity index is 1.87. The van der Waals surface area contributed by atoms with E-state index in [1.165, 1.54) is 10.4 Å². The maximum atomic E-state index is 13.0. The van der Waals surface area contributed by atoms with Gasteiger partial charge in [-0.1, -0.05) is 6.07 Å². The van der Waals surface area contributed by atoms with E-state index in [1.807, 2.05) is 13.0 Å². The smallest absolute Gasteiger partial charge is 0.252 e. The number of carbonyl (C=O) groups excluding carboxylic acids is 1. The van der Waals surface area contributed by atoms with Crippen LogP contribution in [0.5, 0.6) is 11.5 Å². The van der Waals surface area contributed by atoms with Gasteiger partial charge in [-0.3, -0.25) is 4.79 Å². The van der Waals surface area contributed by atoms with Gasteiger partial charge in [0, 0.05) is 24.2 Å². The summed E-state index contributed by atoms with van der Waals surface area (Å²) in [6, 6.07) is 9.71. The molecule has 0 aliphatic carbocycles. The highest BCUT2D eigenvalue weighted by atomic mass is 32.2. The van der Waals surface area contributed by atoms with Crippen LogP contribution in [-0.4, -0.2) is 45.9 Å². The second-order valence-electron chi connectivity index (χ2n) is 7.39. The zero-order valence-corrected chi connectivity index (χ0v) is 18.6. The number of nitrogens with one attached hydrogen (secondary N) is 1. The number of rotatable bonds is 7. The van der Waals surface area contributed by atoms with Gasteiger partial charge >= 0.3 is 0 Å². The number of hydrogen-bond donors (Lipinski definition) is 1. The van der Waals surface area contributed by atoms with Crippen LogP contribution < -0.4 is 14.8 Å². The van der Waals surface area contributed by atoms with Crippen molar-refractivity contribution in [3.8, 4) is 11.5 Å². The minimum atomic E-state index is -3.59. The van der Waals surface area contributed by atoms with E-state index >= 15 is 0 Å². The molecule has 8 heteroatoms. The molecule has 1 aliphatic rings. The Labute approximate surface area is 178 Å². The fourth-order valence-electron chi connectivity index (χ4n) is 3.61.